The number of nitrogens with one attached hydrogen (secondary N) is 1. The van der Waals surface area contributed by atoms with Gasteiger partial charge in [0.25, 0.3) is 0 Å². The van der Waals surface area contributed by atoms with E-state index in [2.05, 4.69) is 5.32 Å². The second-order valence-electron chi connectivity index (χ2n) is 4.55. The van der Waals surface area contributed by atoms with E-state index >= 15 is 0 Å². The molecule has 1 aliphatic rings. The summed E-state index contributed by atoms with van der Waals surface area (Å²) in [6.07, 6.45) is 4.49. The lowest BCUT2D eigenvalue weighted by Crippen LogP contribution is -2.47. The van der Waals surface area contributed by atoms with Gasteiger partial charge in [-0.05, 0) is 18.8 Å². The predicted octanol–water partition coefficient (Wildman–Crippen LogP) is -0.242. The fourth-order valence-corrected chi connectivity index (χ4v) is 2.11. The van der Waals surface area contributed by atoms with Gasteiger partial charge in [0.2, 0.25) is 5.91 Å². The summed E-state index contributed by atoms with van der Waals surface area (Å²) in [6, 6.07) is -0.553. The normalized spacial score (nSPS) is 15.3. The minimum absolute atomic E-state index is 0.386. The number of amides is 3. The lowest BCUT2D eigenvalue weighted by Gasteiger charge is -2.20. The zero-order valence-electron chi connectivity index (χ0n) is 10.2. The second kappa shape index (κ2) is 6.83. The van der Waals surface area contributed by atoms with Gasteiger partial charge in [-0.25, -0.2) is 4.79 Å². The van der Waals surface area contributed by atoms with Crippen molar-refractivity contribution in [2.45, 2.75) is 25.7 Å². The van der Waals surface area contributed by atoms with E-state index in [1.54, 1.807) is 0 Å². The van der Waals surface area contributed by atoms with Crippen LogP contribution in [0.5, 0.6) is 0 Å². The van der Waals surface area contributed by atoms with Crippen LogP contribution in [0.2, 0.25) is 0 Å². The van der Waals surface area contributed by atoms with Crippen LogP contribution < -0.4 is 11.1 Å². The fourth-order valence-electron chi connectivity index (χ4n) is 2.11. The van der Waals surface area contributed by atoms with Gasteiger partial charge in [-0.3, -0.25) is 9.59 Å². The average molecular weight is 257 g/mol. The van der Waals surface area contributed by atoms with Crippen LogP contribution in [0.1, 0.15) is 25.7 Å². The molecule has 0 atom stereocenters. The van der Waals surface area contributed by atoms with E-state index in [1.165, 1.54) is 12.8 Å². The molecule has 7 nitrogen and oxygen atoms in total. The molecular formula is C11H19N3O4. The van der Waals surface area contributed by atoms with Gasteiger partial charge in [-0.1, -0.05) is 12.8 Å². The Morgan fingerprint density at radius 2 is 1.83 bits per heavy atom. The van der Waals surface area contributed by atoms with Crippen LogP contribution in [0.15, 0.2) is 0 Å². The molecule has 0 aromatic carbocycles. The zero-order valence-corrected chi connectivity index (χ0v) is 10.2. The molecule has 1 fully saturated rings. The smallest absolute Gasteiger partial charge is 0.323 e. The SMILES string of the molecule is NC(=O)CN(CC(=O)O)C(=O)NCC1CCCC1. The summed E-state index contributed by atoms with van der Waals surface area (Å²) in [5, 5.41) is 11.3. The number of aliphatic carboxylic acids is 1. The zero-order chi connectivity index (χ0) is 13.5. The highest BCUT2D eigenvalue weighted by atomic mass is 16.4. The maximum Gasteiger partial charge on any atom is 0.323 e. The quantitative estimate of drug-likeness (QED) is 0.609. The fraction of sp³-hybridized carbons (Fsp3) is 0.727. The summed E-state index contributed by atoms with van der Waals surface area (Å²) in [5.74, 6) is -1.45. The number of hydrogen-bond acceptors (Lipinski definition) is 3. The summed E-state index contributed by atoms with van der Waals surface area (Å²) in [5.41, 5.74) is 4.97. The van der Waals surface area contributed by atoms with E-state index in [4.69, 9.17) is 10.8 Å². The van der Waals surface area contributed by atoms with E-state index in [-0.39, 0.29) is 6.54 Å². The lowest BCUT2D eigenvalue weighted by molar-refractivity contribution is -0.137. The standard InChI is InChI=1S/C11H19N3O4/c12-9(15)6-14(7-10(16)17)11(18)13-5-8-3-1-2-4-8/h8H,1-7H2,(H2,12,15)(H,13,18)(H,16,17). The predicted molar refractivity (Wildman–Crippen MR) is 63.8 cm³/mol. The molecule has 0 spiro atoms. The third-order valence-corrected chi connectivity index (χ3v) is 2.98. The van der Waals surface area contributed by atoms with Crippen molar-refractivity contribution >= 4 is 17.9 Å². The number of carbonyl (C=O) groups excluding carboxylic acids is 2. The number of primary amides is 1. The number of carboxylic acid groups (broad SMARTS) is 1. The monoisotopic (exact) mass is 257 g/mol. The highest BCUT2D eigenvalue weighted by Gasteiger charge is 2.21. The molecular weight excluding hydrogens is 238 g/mol. The first kappa shape index (κ1) is 14.3. The van der Waals surface area contributed by atoms with Crippen molar-refractivity contribution in [3.63, 3.8) is 0 Å². The molecule has 0 heterocycles. The molecule has 0 bridgehead atoms. The summed E-state index contributed by atoms with van der Waals surface area (Å²) in [7, 11) is 0. The topological polar surface area (TPSA) is 113 Å². The molecule has 102 valence electrons. The first-order valence-corrected chi connectivity index (χ1v) is 6.02. The molecule has 1 rings (SSSR count). The highest BCUT2D eigenvalue weighted by molar-refractivity contribution is 5.85. The van der Waals surface area contributed by atoms with Gasteiger partial charge in [0, 0.05) is 6.54 Å². The maximum absolute atomic E-state index is 11.7. The first-order valence-electron chi connectivity index (χ1n) is 6.02. The lowest BCUT2D eigenvalue weighted by atomic mass is 10.1. The van der Waals surface area contributed by atoms with Gasteiger partial charge in [0.05, 0.1) is 0 Å². The Bertz CT molecular complexity index is 310. The van der Waals surface area contributed by atoms with Crippen LogP contribution >= 0.6 is 0 Å². The second-order valence-corrected chi connectivity index (χ2v) is 4.55. The Morgan fingerprint density at radius 3 is 2.33 bits per heavy atom. The molecule has 1 aliphatic carbocycles. The van der Waals surface area contributed by atoms with E-state index < -0.39 is 24.5 Å². The minimum atomic E-state index is -1.17. The van der Waals surface area contributed by atoms with Crippen LogP contribution in [-0.2, 0) is 9.59 Å². The summed E-state index contributed by atoms with van der Waals surface area (Å²) in [6.45, 7) is -0.393. The van der Waals surface area contributed by atoms with Crippen LogP contribution in [0.25, 0.3) is 0 Å². The van der Waals surface area contributed by atoms with E-state index in [0.29, 0.717) is 12.5 Å². The van der Waals surface area contributed by atoms with Crippen molar-refractivity contribution in [2.75, 3.05) is 19.6 Å². The summed E-state index contributed by atoms with van der Waals surface area (Å²) in [4.78, 5) is 34.0. The number of nitrogens with two attached hydrogens (primary N) is 1. The van der Waals surface area contributed by atoms with Gasteiger partial charge >= 0.3 is 12.0 Å². The molecule has 0 radical (unpaired) electrons. The van der Waals surface area contributed by atoms with Crippen molar-refractivity contribution in [3.05, 3.63) is 0 Å². The number of carboxylic acids is 1. The van der Waals surface area contributed by atoms with Crippen LogP contribution in [-0.4, -0.2) is 47.5 Å². The molecule has 4 N–H and O–H groups in total. The van der Waals surface area contributed by atoms with Gasteiger partial charge in [-0.2, -0.15) is 0 Å². The van der Waals surface area contributed by atoms with Gasteiger partial charge < -0.3 is 21.1 Å². The molecule has 0 aromatic heterocycles. The molecule has 0 aliphatic heterocycles. The Kier molecular flexibility index (Phi) is 5.41. The molecule has 0 unspecified atom stereocenters. The molecule has 1 saturated carbocycles. The largest absolute Gasteiger partial charge is 0.480 e. The van der Waals surface area contributed by atoms with Crippen molar-refractivity contribution in [1.82, 2.24) is 10.2 Å². The van der Waals surface area contributed by atoms with E-state index in [9.17, 15) is 14.4 Å². The third-order valence-electron chi connectivity index (χ3n) is 2.98. The minimum Gasteiger partial charge on any atom is -0.480 e. The molecule has 7 heteroatoms. The van der Waals surface area contributed by atoms with Crippen molar-refractivity contribution in [2.24, 2.45) is 11.7 Å². The van der Waals surface area contributed by atoms with Crippen molar-refractivity contribution < 1.29 is 19.5 Å². The van der Waals surface area contributed by atoms with E-state index in [0.717, 1.165) is 17.7 Å². The number of rotatable bonds is 6. The van der Waals surface area contributed by atoms with Crippen molar-refractivity contribution in [1.29, 1.82) is 0 Å². The number of nitrogens with zero attached hydrogens (tertiary/aromatic N) is 1. The van der Waals surface area contributed by atoms with Crippen LogP contribution in [0, 0.1) is 5.92 Å². The Balaban J connectivity index is 2.41. The van der Waals surface area contributed by atoms with E-state index in [1.807, 2.05) is 0 Å². The molecule has 18 heavy (non-hydrogen) atoms. The Labute approximate surface area is 105 Å². The highest BCUT2D eigenvalue weighted by Crippen LogP contribution is 2.23. The average Bonchev–Trinajstić information content (AvgIpc) is 2.76. The van der Waals surface area contributed by atoms with Crippen LogP contribution in [0.3, 0.4) is 0 Å². The van der Waals surface area contributed by atoms with Gasteiger partial charge in [0.1, 0.15) is 13.1 Å². The summed E-state index contributed by atoms with van der Waals surface area (Å²) >= 11 is 0. The Hall–Kier alpha value is -1.79. The number of hydrogen-bond donors (Lipinski definition) is 3. The van der Waals surface area contributed by atoms with Crippen LogP contribution in [0.4, 0.5) is 4.79 Å². The molecule has 0 aromatic rings. The first-order chi connectivity index (χ1) is 8.49. The molecule has 0 saturated heterocycles. The summed E-state index contributed by atoms with van der Waals surface area (Å²) < 4.78 is 0. The number of carbonyl (C=O) groups is 3. The Morgan fingerprint density at radius 1 is 1.22 bits per heavy atom. The third kappa shape index (κ3) is 5.03. The van der Waals surface area contributed by atoms with Crippen molar-refractivity contribution in [3.8, 4) is 0 Å². The van der Waals surface area contributed by atoms with Gasteiger partial charge in [0.15, 0.2) is 0 Å². The van der Waals surface area contributed by atoms with Gasteiger partial charge in [-0.15, -0.1) is 0 Å². The molecule has 3 amide bonds. The number of urea groups is 1. The maximum atomic E-state index is 11.7.